The number of likely N-dealkylation sites (N-methyl/N-ethyl adjacent to an activating group) is 1. The summed E-state index contributed by atoms with van der Waals surface area (Å²) < 4.78 is 0. The van der Waals surface area contributed by atoms with Gasteiger partial charge in [0.2, 0.25) is 0 Å². The lowest BCUT2D eigenvalue weighted by Crippen LogP contribution is -2.38. The maximum atomic E-state index is 6.08. The molecule has 1 aromatic carbocycles. The Hall–Kier alpha value is -0.900. The van der Waals surface area contributed by atoms with E-state index in [0.29, 0.717) is 18.5 Å². The predicted octanol–water partition coefficient (Wildman–Crippen LogP) is 3.08. The number of rotatable bonds is 9. The van der Waals surface area contributed by atoms with Crippen LogP contribution in [0, 0.1) is 0 Å². The van der Waals surface area contributed by atoms with E-state index in [-0.39, 0.29) is 0 Å². The second kappa shape index (κ2) is 9.19. The molecule has 0 aromatic heterocycles. The van der Waals surface area contributed by atoms with Gasteiger partial charge in [-0.2, -0.15) is 0 Å². The first-order valence-corrected chi connectivity index (χ1v) is 8.18. The largest absolute Gasteiger partial charge is 0.329 e. The van der Waals surface area contributed by atoms with E-state index in [2.05, 4.69) is 68.9 Å². The van der Waals surface area contributed by atoms with Crippen molar-refractivity contribution in [2.75, 3.05) is 40.3 Å². The molecule has 0 heterocycles. The van der Waals surface area contributed by atoms with E-state index in [0.717, 1.165) is 26.1 Å². The fourth-order valence-corrected chi connectivity index (χ4v) is 2.64. The van der Waals surface area contributed by atoms with Crippen molar-refractivity contribution in [2.45, 2.75) is 39.2 Å². The maximum absolute atomic E-state index is 6.08. The van der Waals surface area contributed by atoms with Crippen LogP contribution in [-0.2, 0) is 0 Å². The van der Waals surface area contributed by atoms with Crippen molar-refractivity contribution in [3.05, 3.63) is 35.4 Å². The number of hydrogen-bond donors (Lipinski definition) is 1. The van der Waals surface area contributed by atoms with Crippen molar-refractivity contribution in [3.8, 4) is 0 Å². The zero-order chi connectivity index (χ0) is 15.8. The molecule has 1 aromatic rings. The van der Waals surface area contributed by atoms with Gasteiger partial charge in [-0.15, -0.1) is 0 Å². The average molecular weight is 291 g/mol. The van der Waals surface area contributed by atoms with Crippen molar-refractivity contribution in [1.29, 1.82) is 0 Å². The molecule has 0 spiro atoms. The molecule has 3 heteroatoms. The van der Waals surface area contributed by atoms with Crippen LogP contribution in [0.25, 0.3) is 0 Å². The van der Waals surface area contributed by atoms with E-state index in [1.807, 2.05) is 0 Å². The van der Waals surface area contributed by atoms with Crippen LogP contribution in [0.3, 0.4) is 0 Å². The summed E-state index contributed by atoms with van der Waals surface area (Å²) in [5.41, 5.74) is 8.82. The third-order valence-corrected chi connectivity index (χ3v) is 4.00. The molecule has 1 rings (SSSR count). The van der Waals surface area contributed by atoms with Crippen LogP contribution in [0.5, 0.6) is 0 Å². The van der Waals surface area contributed by atoms with Gasteiger partial charge in [0, 0.05) is 25.7 Å². The first-order chi connectivity index (χ1) is 9.99. The summed E-state index contributed by atoms with van der Waals surface area (Å²) in [5, 5.41) is 0. The molecule has 1 atom stereocenters. The van der Waals surface area contributed by atoms with E-state index in [9.17, 15) is 0 Å². The van der Waals surface area contributed by atoms with E-state index in [4.69, 9.17) is 5.73 Å². The molecule has 0 saturated heterocycles. The fraction of sp³-hybridized carbons (Fsp3) is 0.667. The smallest absolute Gasteiger partial charge is 0.0470 e. The van der Waals surface area contributed by atoms with Crippen LogP contribution >= 0.6 is 0 Å². The molecule has 0 radical (unpaired) electrons. The molecule has 1 unspecified atom stereocenters. The van der Waals surface area contributed by atoms with Crippen LogP contribution in [0.4, 0.5) is 0 Å². The van der Waals surface area contributed by atoms with Crippen molar-refractivity contribution in [1.82, 2.24) is 9.80 Å². The Labute approximate surface area is 131 Å². The van der Waals surface area contributed by atoms with Gasteiger partial charge in [0.05, 0.1) is 0 Å². The van der Waals surface area contributed by atoms with Gasteiger partial charge in [-0.1, -0.05) is 45.0 Å². The Bertz CT molecular complexity index is 384. The monoisotopic (exact) mass is 291 g/mol. The summed E-state index contributed by atoms with van der Waals surface area (Å²) >= 11 is 0. The zero-order valence-corrected chi connectivity index (χ0v) is 14.5. The first-order valence-electron chi connectivity index (χ1n) is 8.18. The Kier molecular flexibility index (Phi) is 7.94. The fourth-order valence-electron chi connectivity index (χ4n) is 2.64. The Morgan fingerprint density at radius 1 is 0.952 bits per heavy atom. The lowest BCUT2D eigenvalue weighted by Gasteiger charge is -2.32. The molecule has 120 valence electrons. The average Bonchev–Trinajstić information content (AvgIpc) is 2.46. The summed E-state index contributed by atoms with van der Waals surface area (Å²) in [6.45, 7) is 10.6. The molecule has 0 amide bonds. The summed E-state index contributed by atoms with van der Waals surface area (Å²) in [4.78, 5) is 4.75. The van der Waals surface area contributed by atoms with Crippen molar-refractivity contribution >= 4 is 0 Å². The molecule has 21 heavy (non-hydrogen) atoms. The number of nitrogens with zero attached hydrogens (tertiary/aromatic N) is 2. The summed E-state index contributed by atoms with van der Waals surface area (Å²) in [7, 11) is 4.25. The van der Waals surface area contributed by atoms with Gasteiger partial charge in [0.25, 0.3) is 0 Å². The molecule has 2 N–H and O–H groups in total. The van der Waals surface area contributed by atoms with Crippen molar-refractivity contribution < 1.29 is 0 Å². The summed E-state index contributed by atoms with van der Waals surface area (Å²) in [5.74, 6) is 0.580. The molecule has 0 fully saturated rings. The van der Waals surface area contributed by atoms with Crippen LogP contribution < -0.4 is 5.73 Å². The van der Waals surface area contributed by atoms with E-state index in [1.54, 1.807) is 0 Å². The molecule has 0 aliphatic rings. The minimum atomic E-state index is 0.325. The Morgan fingerprint density at radius 3 is 1.95 bits per heavy atom. The second-order valence-corrected chi connectivity index (χ2v) is 6.41. The highest BCUT2D eigenvalue weighted by atomic mass is 15.2. The number of hydrogen-bond acceptors (Lipinski definition) is 3. The molecule has 0 saturated carbocycles. The second-order valence-electron chi connectivity index (χ2n) is 6.41. The standard InChI is InChI=1S/C18H33N3/c1-6-11-21(13-12-20(4)5)18(14-19)17-9-7-16(8-10-17)15(2)3/h7-10,15,18H,6,11-14,19H2,1-5H3. The van der Waals surface area contributed by atoms with Crippen molar-refractivity contribution in [3.63, 3.8) is 0 Å². The molecule has 0 bridgehead atoms. The van der Waals surface area contributed by atoms with Gasteiger partial charge in [-0.3, -0.25) is 4.90 Å². The third-order valence-electron chi connectivity index (χ3n) is 4.00. The summed E-state index contributed by atoms with van der Waals surface area (Å²) in [6, 6.07) is 9.33. The van der Waals surface area contributed by atoms with E-state index < -0.39 is 0 Å². The zero-order valence-electron chi connectivity index (χ0n) is 14.5. The van der Waals surface area contributed by atoms with Gasteiger partial charge in [0.15, 0.2) is 0 Å². The van der Waals surface area contributed by atoms with E-state index >= 15 is 0 Å². The molecule has 0 aliphatic heterocycles. The third kappa shape index (κ3) is 5.77. The minimum Gasteiger partial charge on any atom is -0.329 e. The van der Waals surface area contributed by atoms with Crippen LogP contribution in [0.15, 0.2) is 24.3 Å². The van der Waals surface area contributed by atoms with Crippen LogP contribution in [-0.4, -0.2) is 50.1 Å². The highest BCUT2D eigenvalue weighted by molar-refractivity contribution is 5.27. The van der Waals surface area contributed by atoms with Crippen molar-refractivity contribution in [2.24, 2.45) is 5.73 Å². The molecule has 3 nitrogen and oxygen atoms in total. The maximum Gasteiger partial charge on any atom is 0.0470 e. The van der Waals surface area contributed by atoms with Gasteiger partial charge >= 0.3 is 0 Å². The first kappa shape index (κ1) is 18.1. The van der Waals surface area contributed by atoms with Gasteiger partial charge in [-0.25, -0.2) is 0 Å². The highest BCUT2D eigenvalue weighted by Crippen LogP contribution is 2.22. The number of benzene rings is 1. The van der Waals surface area contributed by atoms with Crippen LogP contribution in [0.2, 0.25) is 0 Å². The summed E-state index contributed by atoms with van der Waals surface area (Å²) in [6.07, 6.45) is 1.16. The van der Waals surface area contributed by atoms with Gasteiger partial charge in [-0.05, 0) is 44.1 Å². The van der Waals surface area contributed by atoms with Gasteiger partial charge < -0.3 is 10.6 Å². The highest BCUT2D eigenvalue weighted by Gasteiger charge is 2.18. The molecular formula is C18H33N3. The Balaban J connectivity index is 2.85. The lowest BCUT2D eigenvalue weighted by molar-refractivity contribution is 0.182. The topological polar surface area (TPSA) is 32.5 Å². The Morgan fingerprint density at radius 2 is 1.52 bits per heavy atom. The van der Waals surface area contributed by atoms with E-state index in [1.165, 1.54) is 11.1 Å². The predicted molar refractivity (Wildman–Crippen MR) is 92.7 cm³/mol. The van der Waals surface area contributed by atoms with Crippen LogP contribution in [0.1, 0.15) is 50.3 Å². The normalized spacial score (nSPS) is 13.4. The molecule has 0 aliphatic carbocycles. The number of nitrogens with two attached hydrogens (primary N) is 1. The SMILES string of the molecule is CCCN(CCN(C)C)C(CN)c1ccc(C(C)C)cc1. The minimum absolute atomic E-state index is 0.325. The van der Waals surface area contributed by atoms with Gasteiger partial charge in [0.1, 0.15) is 0 Å². The molecular weight excluding hydrogens is 258 g/mol. The quantitative estimate of drug-likeness (QED) is 0.759. The lowest BCUT2D eigenvalue weighted by atomic mass is 9.98.